The van der Waals surface area contributed by atoms with Gasteiger partial charge in [-0.1, -0.05) is 24.3 Å². The molecule has 0 saturated carbocycles. The van der Waals surface area contributed by atoms with Crippen LogP contribution in [0, 0.1) is 5.92 Å². The lowest BCUT2D eigenvalue weighted by Crippen LogP contribution is -2.34. The van der Waals surface area contributed by atoms with Gasteiger partial charge >= 0.3 is 11.9 Å². The van der Waals surface area contributed by atoms with E-state index in [4.69, 9.17) is 24.8 Å². The zero-order chi connectivity index (χ0) is 22.5. The molecule has 32 heavy (non-hydrogen) atoms. The van der Waals surface area contributed by atoms with Gasteiger partial charge in [0.1, 0.15) is 5.82 Å². The Bertz CT molecular complexity index is 1180. The molecular weight excluding hydrogens is 410 g/mol. The molecule has 0 atom stereocenters. The van der Waals surface area contributed by atoms with Crippen molar-refractivity contribution in [2.45, 2.75) is 25.9 Å². The van der Waals surface area contributed by atoms with E-state index in [1.807, 2.05) is 12.4 Å². The minimum Gasteiger partial charge on any atom is -0.473 e. The molecule has 0 aliphatic carbocycles. The zero-order valence-corrected chi connectivity index (χ0v) is 17.5. The Hall–Kier alpha value is -3.72. The van der Waals surface area contributed by atoms with Crippen molar-refractivity contribution in [2.24, 2.45) is 5.92 Å². The van der Waals surface area contributed by atoms with Gasteiger partial charge in [0.15, 0.2) is 0 Å². The van der Waals surface area contributed by atoms with Crippen LogP contribution in [-0.4, -0.2) is 59.7 Å². The molecule has 2 aromatic heterocycles. The number of hydrogen-bond donors (Lipinski definition) is 3. The normalized spacial score (nSPS) is 14.9. The fourth-order valence-electron chi connectivity index (χ4n) is 4.05. The number of hydrogen-bond acceptors (Lipinski definition) is 5. The number of carboxylic acid groups (broad SMARTS) is 2. The first-order chi connectivity index (χ1) is 15.5. The summed E-state index contributed by atoms with van der Waals surface area (Å²) in [5, 5.41) is 14.8. The molecule has 0 spiro atoms. The number of imidazole rings is 2. The van der Waals surface area contributed by atoms with E-state index >= 15 is 0 Å². The van der Waals surface area contributed by atoms with Gasteiger partial charge in [0.05, 0.1) is 34.9 Å². The van der Waals surface area contributed by atoms with Crippen LogP contribution in [0.2, 0.25) is 0 Å². The molecule has 9 heteroatoms. The van der Waals surface area contributed by atoms with Gasteiger partial charge in [0, 0.05) is 6.54 Å². The first kappa shape index (κ1) is 21.5. The van der Waals surface area contributed by atoms with Crippen LogP contribution >= 0.6 is 0 Å². The minimum absolute atomic E-state index is 0.722. The monoisotopic (exact) mass is 435 g/mol. The number of benzene rings is 2. The van der Waals surface area contributed by atoms with Crippen molar-refractivity contribution < 1.29 is 19.8 Å². The third kappa shape index (κ3) is 5.12. The SMILES string of the molecule is O=C(O)C(=O)O.c1ccc2[nH]c(CN3CCC(Cn4cnc5ccccc54)CC3)nc2c1. The molecule has 0 amide bonds. The van der Waals surface area contributed by atoms with Crippen LogP contribution in [-0.2, 0) is 22.7 Å². The lowest BCUT2D eigenvalue weighted by atomic mass is 9.96. The predicted octanol–water partition coefficient (Wildman–Crippen LogP) is 2.98. The molecule has 1 aliphatic rings. The maximum atomic E-state index is 9.10. The lowest BCUT2D eigenvalue weighted by Gasteiger charge is -2.31. The van der Waals surface area contributed by atoms with Crippen molar-refractivity contribution in [3.63, 3.8) is 0 Å². The van der Waals surface area contributed by atoms with Gasteiger partial charge in [0.2, 0.25) is 0 Å². The number of para-hydroxylation sites is 4. The number of carboxylic acids is 2. The summed E-state index contributed by atoms with van der Waals surface area (Å²) in [6, 6.07) is 16.6. The number of likely N-dealkylation sites (tertiary alicyclic amines) is 1. The summed E-state index contributed by atoms with van der Waals surface area (Å²) < 4.78 is 2.31. The molecule has 0 radical (unpaired) electrons. The molecule has 2 aromatic carbocycles. The van der Waals surface area contributed by atoms with Gasteiger partial charge in [-0.05, 0) is 56.1 Å². The number of fused-ring (bicyclic) bond motifs is 2. The fourth-order valence-corrected chi connectivity index (χ4v) is 4.05. The Morgan fingerprint density at radius 1 is 0.969 bits per heavy atom. The Kier molecular flexibility index (Phi) is 6.46. The van der Waals surface area contributed by atoms with Crippen LogP contribution in [0.3, 0.4) is 0 Å². The molecule has 4 aromatic rings. The van der Waals surface area contributed by atoms with Gasteiger partial charge in [-0.2, -0.15) is 0 Å². The topological polar surface area (TPSA) is 124 Å². The van der Waals surface area contributed by atoms with E-state index in [1.54, 1.807) is 0 Å². The van der Waals surface area contributed by atoms with Gasteiger partial charge < -0.3 is 19.8 Å². The predicted molar refractivity (Wildman–Crippen MR) is 119 cm³/mol. The number of rotatable bonds is 4. The van der Waals surface area contributed by atoms with E-state index < -0.39 is 11.9 Å². The molecule has 3 N–H and O–H groups in total. The average molecular weight is 435 g/mol. The van der Waals surface area contributed by atoms with Crippen molar-refractivity contribution in [3.05, 3.63) is 60.7 Å². The standard InChI is InChI=1S/C21H23N5.C2H2O4/c1-2-6-18-17(5-1)23-21(24-18)14-25-11-9-16(10-12-25)13-26-15-22-19-7-3-4-8-20(19)26;3-1(4)2(5)6/h1-8,15-16H,9-14H2,(H,23,24);(H,3,4)(H,5,6). The van der Waals surface area contributed by atoms with Crippen molar-refractivity contribution in [3.8, 4) is 0 Å². The number of nitrogens with zero attached hydrogens (tertiary/aromatic N) is 4. The summed E-state index contributed by atoms with van der Waals surface area (Å²) in [6.45, 7) is 4.25. The third-order valence-electron chi connectivity index (χ3n) is 5.68. The maximum Gasteiger partial charge on any atom is 0.414 e. The molecule has 1 aliphatic heterocycles. The fraction of sp³-hybridized carbons (Fsp3) is 0.304. The quantitative estimate of drug-likeness (QED) is 0.421. The summed E-state index contributed by atoms with van der Waals surface area (Å²) >= 11 is 0. The smallest absolute Gasteiger partial charge is 0.414 e. The second-order valence-corrected chi connectivity index (χ2v) is 7.92. The van der Waals surface area contributed by atoms with E-state index in [1.165, 1.54) is 18.4 Å². The van der Waals surface area contributed by atoms with Gasteiger partial charge in [-0.3, -0.25) is 4.90 Å². The van der Waals surface area contributed by atoms with Gasteiger partial charge in [-0.15, -0.1) is 0 Å². The Labute approximate surface area is 184 Å². The van der Waals surface area contributed by atoms with Crippen LogP contribution < -0.4 is 0 Å². The summed E-state index contributed by atoms with van der Waals surface area (Å²) in [6.07, 6.45) is 4.45. The Balaban J connectivity index is 0.000000363. The molecule has 0 unspecified atom stereocenters. The van der Waals surface area contributed by atoms with Crippen LogP contribution in [0.4, 0.5) is 0 Å². The van der Waals surface area contributed by atoms with Crippen molar-refractivity contribution in [1.82, 2.24) is 24.4 Å². The maximum absolute atomic E-state index is 9.10. The number of aliphatic carboxylic acids is 2. The van der Waals surface area contributed by atoms with Crippen LogP contribution in [0.1, 0.15) is 18.7 Å². The highest BCUT2D eigenvalue weighted by atomic mass is 16.4. The highest BCUT2D eigenvalue weighted by molar-refractivity contribution is 6.27. The molecule has 5 rings (SSSR count). The van der Waals surface area contributed by atoms with Crippen LogP contribution in [0.25, 0.3) is 22.1 Å². The van der Waals surface area contributed by atoms with Gasteiger partial charge in [0.25, 0.3) is 0 Å². The number of aromatic amines is 1. The second kappa shape index (κ2) is 9.61. The Morgan fingerprint density at radius 3 is 2.31 bits per heavy atom. The number of aromatic nitrogens is 4. The number of carbonyl (C=O) groups is 2. The van der Waals surface area contributed by atoms with E-state index in [-0.39, 0.29) is 0 Å². The first-order valence-corrected chi connectivity index (χ1v) is 10.5. The molecule has 1 saturated heterocycles. The Morgan fingerprint density at radius 2 is 1.62 bits per heavy atom. The summed E-state index contributed by atoms with van der Waals surface area (Å²) in [5.74, 6) is -1.85. The van der Waals surface area contributed by atoms with E-state index in [0.29, 0.717) is 0 Å². The van der Waals surface area contributed by atoms with Gasteiger partial charge in [-0.25, -0.2) is 19.6 Å². The largest absolute Gasteiger partial charge is 0.473 e. The average Bonchev–Trinajstić information content (AvgIpc) is 3.39. The van der Waals surface area contributed by atoms with Crippen LogP contribution in [0.15, 0.2) is 54.9 Å². The van der Waals surface area contributed by atoms with Crippen molar-refractivity contribution >= 4 is 34.0 Å². The molecule has 166 valence electrons. The molecule has 9 nitrogen and oxygen atoms in total. The number of piperidine rings is 1. The highest BCUT2D eigenvalue weighted by Gasteiger charge is 2.21. The van der Waals surface area contributed by atoms with E-state index in [2.05, 4.69) is 61.9 Å². The lowest BCUT2D eigenvalue weighted by molar-refractivity contribution is -0.159. The number of nitrogens with one attached hydrogen (secondary N) is 1. The minimum atomic E-state index is -1.82. The third-order valence-corrected chi connectivity index (χ3v) is 5.68. The zero-order valence-electron chi connectivity index (χ0n) is 17.5. The van der Waals surface area contributed by atoms with E-state index in [0.717, 1.165) is 54.5 Å². The molecule has 3 heterocycles. The van der Waals surface area contributed by atoms with Crippen LogP contribution in [0.5, 0.6) is 0 Å². The van der Waals surface area contributed by atoms with Crippen molar-refractivity contribution in [1.29, 1.82) is 0 Å². The second-order valence-electron chi connectivity index (χ2n) is 7.92. The highest BCUT2D eigenvalue weighted by Crippen LogP contribution is 2.23. The van der Waals surface area contributed by atoms with Crippen molar-refractivity contribution in [2.75, 3.05) is 13.1 Å². The first-order valence-electron chi connectivity index (χ1n) is 10.5. The molecular formula is C23H25N5O4. The molecule has 0 bridgehead atoms. The summed E-state index contributed by atoms with van der Waals surface area (Å²) in [4.78, 5) is 33.4. The molecule has 1 fully saturated rings. The summed E-state index contributed by atoms with van der Waals surface area (Å²) in [5.41, 5.74) is 4.53. The van der Waals surface area contributed by atoms with E-state index in [9.17, 15) is 0 Å². The number of H-pyrrole nitrogens is 1. The summed E-state index contributed by atoms with van der Waals surface area (Å²) in [7, 11) is 0.